The molecule has 1 amide bonds. The van der Waals surface area contributed by atoms with Crippen LogP contribution in [0.3, 0.4) is 0 Å². The van der Waals surface area contributed by atoms with E-state index in [4.69, 9.17) is 0 Å². The molecule has 0 aromatic carbocycles. The summed E-state index contributed by atoms with van der Waals surface area (Å²) in [5.41, 5.74) is 0. The number of carbonyl (C=O) groups excluding carboxylic acids is 2. The summed E-state index contributed by atoms with van der Waals surface area (Å²) in [7, 11) is -3.67. The van der Waals surface area contributed by atoms with Gasteiger partial charge in [0.1, 0.15) is 6.10 Å². The molecule has 0 aliphatic heterocycles. The number of carbonyl (C=O) groups is 2. The first-order chi connectivity index (χ1) is 6.39. The monoisotopic (exact) mass is 223 g/mol. The van der Waals surface area contributed by atoms with Crippen molar-refractivity contribution in [3.63, 3.8) is 0 Å². The molecule has 0 saturated carbocycles. The molecular weight excluding hydrogens is 210 g/mol. The van der Waals surface area contributed by atoms with Gasteiger partial charge in [-0.2, -0.15) is 8.42 Å². The standard InChI is InChI=1S/C7H13NO5S/c1-3-7(10)8-4-6(5-9)13-14(2,11)12/h5-6H,3-4H2,1-2H3,(H,8,10). The van der Waals surface area contributed by atoms with Crippen LogP contribution in [0.4, 0.5) is 0 Å². The van der Waals surface area contributed by atoms with Gasteiger partial charge in [-0.25, -0.2) is 0 Å². The van der Waals surface area contributed by atoms with Crippen LogP contribution in [0.5, 0.6) is 0 Å². The molecule has 1 N–H and O–H groups in total. The summed E-state index contributed by atoms with van der Waals surface area (Å²) in [5.74, 6) is -0.269. The van der Waals surface area contributed by atoms with E-state index < -0.39 is 16.2 Å². The van der Waals surface area contributed by atoms with Crippen molar-refractivity contribution in [3.05, 3.63) is 0 Å². The van der Waals surface area contributed by atoms with Crippen molar-refractivity contribution in [2.24, 2.45) is 0 Å². The molecule has 0 spiro atoms. The maximum absolute atomic E-state index is 10.8. The van der Waals surface area contributed by atoms with Crippen LogP contribution in [0.25, 0.3) is 0 Å². The Morgan fingerprint density at radius 2 is 2.14 bits per heavy atom. The van der Waals surface area contributed by atoms with E-state index >= 15 is 0 Å². The van der Waals surface area contributed by atoms with E-state index in [0.717, 1.165) is 6.26 Å². The Morgan fingerprint density at radius 3 is 2.50 bits per heavy atom. The van der Waals surface area contributed by atoms with E-state index in [2.05, 4.69) is 9.50 Å². The molecule has 0 aromatic heterocycles. The molecule has 0 aliphatic rings. The van der Waals surface area contributed by atoms with Crippen LogP contribution in [0, 0.1) is 0 Å². The maximum atomic E-state index is 10.8. The van der Waals surface area contributed by atoms with Gasteiger partial charge in [-0.3, -0.25) is 8.98 Å². The van der Waals surface area contributed by atoms with Crippen LogP contribution >= 0.6 is 0 Å². The summed E-state index contributed by atoms with van der Waals surface area (Å²) >= 11 is 0. The number of aldehydes is 1. The van der Waals surface area contributed by atoms with Gasteiger partial charge in [0, 0.05) is 6.42 Å². The number of hydrogen-bond donors (Lipinski definition) is 1. The molecule has 6 nitrogen and oxygen atoms in total. The molecule has 0 heterocycles. The summed E-state index contributed by atoms with van der Waals surface area (Å²) in [6, 6.07) is 0. The van der Waals surface area contributed by atoms with Crippen molar-refractivity contribution in [2.75, 3.05) is 12.8 Å². The fourth-order valence-electron chi connectivity index (χ4n) is 0.669. The first-order valence-corrected chi connectivity index (χ1v) is 5.81. The second-order valence-electron chi connectivity index (χ2n) is 2.63. The lowest BCUT2D eigenvalue weighted by Crippen LogP contribution is -2.35. The van der Waals surface area contributed by atoms with E-state index in [1.54, 1.807) is 6.92 Å². The van der Waals surface area contributed by atoms with Crippen LogP contribution in [-0.4, -0.2) is 39.5 Å². The van der Waals surface area contributed by atoms with Crippen LogP contribution < -0.4 is 5.32 Å². The van der Waals surface area contributed by atoms with Gasteiger partial charge in [-0.05, 0) is 0 Å². The largest absolute Gasteiger partial charge is 0.353 e. The van der Waals surface area contributed by atoms with E-state index in [0.29, 0.717) is 6.29 Å². The van der Waals surface area contributed by atoms with Crippen molar-refractivity contribution in [1.82, 2.24) is 5.32 Å². The van der Waals surface area contributed by atoms with Crippen molar-refractivity contribution >= 4 is 22.3 Å². The Morgan fingerprint density at radius 1 is 1.57 bits per heavy atom. The van der Waals surface area contributed by atoms with Gasteiger partial charge in [-0.15, -0.1) is 0 Å². The molecular formula is C7H13NO5S. The van der Waals surface area contributed by atoms with Crippen LogP contribution in [0.1, 0.15) is 13.3 Å². The lowest BCUT2D eigenvalue weighted by Gasteiger charge is -2.10. The van der Waals surface area contributed by atoms with Gasteiger partial charge < -0.3 is 10.1 Å². The molecule has 1 unspecified atom stereocenters. The molecule has 0 rings (SSSR count). The lowest BCUT2D eigenvalue weighted by atomic mass is 10.3. The normalized spacial score (nSPS) is 13.3. The van der Waals surface area contributed by atoms with Crippen molar-refractivity contribution < 1.29 is 22.2 Å². The van der Waals surface area contributed by atoms with Crippen molar-refractivity contribution in [2.45, 2.75) is 19.4 Å². The summed E-state index contributed by atoms with van der Waals surface area (Å²) in [5, 5.41) is 2.35. The predicted octanol–water partition coefficient (Wildman–Crippen LogP) is -0.944. The number of hydrogen-bond acceptors (Lipinski definition) is 5. The predicted molar refractivity (Wildman–Crippen MR) is 49.1 cm³/mol. The molecule has 0 saturated heterocycles. The average molecular weight is 223 g/mol. The molecule has 0 fully saturated rings. The third-order valence-electron chi connectivity index (χ3n) is 1.27. The van der Waals surface area contributed by atoms with E-state index in [1.165, 1.54) is 0 Å². The molecule has 82 valence electrons. The zero-order valence-electron chi connectivity index (χ0n) is 8.02. The van der Waals surface area contributed by atoms with Gasteiger partial charge in [0.05, 0.1) is 12.8 Å². The average Bonchev–Trinajstić information content (AvgIpc) is 2.09. The number of nitrogens with one attached hydrogen (secondary N) is 1. The molecule has 14 heavy (non-hydrogen) atoms. The Hall–Kier alpha value is -0.950. The summed E-state index contributed by atoms with van der Waals surface area (Å²) < 4.78 is 25.6. The maximum Gasteiger partial charge on any atom is 0.265 e. The zero-order valence-corrected chi connectivity index (χ0v) is 8.83. The van der Waals surface area contributed by atoms with Gasteiger partial charge in [0.25, 0.3) is 10.1 Å². The number of amides is 1. The highest BCUT2D eigenvalue weighted by atomic mass is 32.2. The third-order valence-corrected chi connectivity index (χ3v) is 1.87. The second-order valence-corrected chi connectivity index (χ2v) is 4.23. The molecule has 0 aliphatic carbocycles. The molecule has 7 heteroatoms. The Balaban J connectivity index is 4.05. The highest BCUT2D eigenvalue weighted by Crippen LogP contribution is 1.93. The van der Waals surface area contributed by atoms with Gasteiger partial charge in [0.2, 0.25) is 5.91 Å². The fraction of sp³-hybridized carbons (Fsp3) is 0.714. The first kappa shape index (κ1) is 13.1. The fourth-order valence-corrected chi connectivity index (χ4v) is 1.23. The van der Waals surface area contributed by atoms with Crippen molar-refractivity contribution in [1.29, 1.82) is 0 Å². The minimum absolute atomic E-state index is 0.136. The van der Waals surface area contributed by atoms with Crippen LogP contribution in [0.2, 0.25) is 0 Å². The topological polar surface area (TPSA) is 89.5 Å². The Bertz CT molecular complexity index is 297. The SMILES string of the molecule is CCC(=O)NCC(C=O)OS(C)(=O)=O. The van der Waals surface area contributed by atoms with E-state index in [-0.39, 0.29) is 18.9 Å². The van der Waals surface area contributed by atoms with Gasteiger partial charge in [0.15, 0.2) is 6.29 Å². The molecule has 0 bridgehead atoms. The highest BCUT2D eigenvalue weighted by molar-refractivity contribution is 7.86. The quantitative estimate of drug-likeness (QED) is 0.463. The minimum Gasteiger partial charge on any atom is -0.353 e. The Kier molecular flexibility index (Phi) is 5.32. The van der Waals surface area contributed by atoms with Gasteiger partial charge >= 0.3 is 0 Å². The van der Waals surface area contributed by atoms with E-state index in [1.807, 2.05) is 0 Å². The highest BCUT2D eigenvalue weighted by Gasteiger charge is 2.14. The summed E-state index contributed by atoms with van der Waals surface area (Å²) in [6.07, 6.45) is 0.285. The van der Waals surface area contributed by atoms with E-state index in [9.17, 15) is 18.0 Å². The summed E-state index contributed by atoms with van der Waals surface area (Å²) in [6.45, 7) is 1.51. The Labute approximate surface area is 82.7 Å². The molecule has 0 aromatic rings. The number of rotatable bonds is 6. The van der Waals surface area contributed by atoms with Crippen molar-refractivity contribution in [3.8, 4) is 0 Å². The van der Waals surface area contributed by atoms with Crippen LogP contribution in [0.15, 0.2) is 0 Å². The second kappa shape index (κ2) is 5.71. The summed E-state index contributed by atoms with van der Waals surface area (Å²) in [4.78, 5) is 21.1. The van der Waals surface area contributed by atoms with Gasteiger partial charge in [-0.1, -0.05) is 6.92 Å². The zero-order chi connectivity index (χ0) is 11.2. The minimum atomic E-state index is -3.67. The first-order valence-electron chi connectivity index (χ1n) is 3.99. The third kappa shape index (κ3) is 6.55. The van der Waals surface area contributed by atoms with Crippen LogP contribution in [-0.2, 0) is 23.9 Å². The smallest absolute Gasteiger partial charge is 0.265 e. The molecule has 1 atom stereocenters. The molecule has 0 radical (unpaired) electrons. The lowest BCUT2D eigenvalue weighted by molar-refractivity contribution is -0.121.